The molecule has 5 N–H and O–H groups in total. The lowest BCUT2D eigenvalue weighted by molar-refractivity contribution is -0.141. The van der Waals surface area contributed by atoms with Gasteiger partial charge in [0.05, 0.1) is 6.42 Å². The predicted octanol–water partition coefficient (Wildman–Crippen LogP) is 28.7. The van der Waals surface area contributed by atoms with Gasteiger partial charge in [-0.2, -0.15) is 0 Å². The maximum absolute atomic E-state index is 12.0. The number of hydrogen-bond acceptors (Lipinski definition) is 15. The van der Waals surface area contributed by atoms with Gasteiger partial charge >= 0.3 is 5.97 Å². The topological polar surface area (TPSA) is 129 Å². The van der Waals surface area contributed by atoms with Crippen LogP contribution in [0, 0.1) is 120 Å². The summed E-state index contributed by atoms with van der Waals surface area (Å²) in [5, 5.41) is 17.6. The molecule has 0 aromatic carbocycles. The van der Waals surface area contributed by atoms with Gasteiger partial charge in [-0.1, -0.05) is 387 Å². The summed E-state index contributed by atoms with van der Waals surface area (Å²) in [6, 6.07) is 1.65. The van der Waals surface area contributed by atoms with Crippen LogP contribution in [0.15, 0.2) is 0 Å². The number of nitrogens with zero attached hydrogens (tertiary/aromatic N) is 8. The Morgan fingerprint density at radius 2 is 0.551 bits per heavy atom. The van der Waals surface area contributed by atoms with E-state index in [9.17, 15) is 9.59 Å². The molecular formula is C122H267N13O3. The normalized spacial score (nSPS) is 27.6. The van der Waals surface area contributed by atoms with Crippen molar-refractivity contribution in [3.63, 3.8) is 0 Å². The Hall–Kier alpha value is -1.54. The van der Waals surface area contributed by atoms with E-state index < -0.39 is 0 Å². The molecule has 14 aliphatic heterocycles. The molecule has 16 nitrogen and oxygen atoms in total. The van der Waals surface area contributed by atoms with E-state index in [-0.39, 0.29) is 17.5 Å². The Balaban J connectivity index is -0.000000273. The molecule has 0 spiro atoms. The van der Waals surface area contributed by atoms with Crippen LogP contribution in [0.1, 0.15) is 445 Å². The quantitative estimate of drug-likeness (QED) is 0.148. The van der Waals surface area contributed by atoms with Gasteiger partial charge in [0.1, 0.15) is 6.10 Å². The lowest BCUT2D eigenvalue weighted by atomic mass is 9.87. The molecule has 16 aliphatic rings. The van der Waals surface area contributed by atoms with Gasteiger partial charge < -0.3 is 60.7 Å². The van der Waals surface area contributed by atoms with Gasteiger partial charge in [0.25, 0.3) is 0 Å². The Kier molecular flexibility index (Phi) is 89.1. The molecule has 16 unspecified atom stereocenters. The third-order valence-electron chi connectivity index (χ3n) is 26.2. The smallest absolute Gasteiger partial charge is 0.306 e. The van der Waals surface area contributed by atoms with Gasteiger partial charge in [0, 0.05) is 161 Å². The largest absolute Gasteiger partial charge is 0.461 e. The number of piperidine rings is 2. The first-order valence-corrected chi connectivity index (χ1v) is 60.3. The van der Waals surface area contributed by atoms with Crippen LogP contribution in [-0.4, -0.2) is 272 Å². The minimum Gasteiger partial charge on any atom is -0.461 e. The van der Waals surface area contributed by atoms with E-state index in [1.54, 1.807) is 0 Å². The second-order valence-corrected chi connectivity index (χ2v) is 48.2. The number of likely N-dealkylation sites (tertiary alicyclic amines) is 8. The number of carbonyl (C=O) groups is 2. The summed E-state index contributed by atoms with van der Waals surface area (Å²) in [4.78, 5) is 43.5. The van der Waals surface area contributed by atoms with Gasteiger partial charge in [0.15, 0.2) is 0 Å². The zero-order chi connectivity index (χ0) is 109. The zero-order valence-corrected chi connectivity index (χ0v) is 105. The van der Waals surface area contributed by atoms with Crippen molar-refractivity contribution in [1.82, 2.24) is 65.8 Å². The van der Waals surface area contributed by atoms with Crippen molar-refractivity contribution in [1.29, 1.82) is 0 Å². The van der Waals surface area contributed by atoms with Crippen molar-refractivity contribution in [2.45, 2.75) is 463 Å². The van der Waals surface area contributed by atoms with Crippen LogP contribution in [-0.2, 0) is 14.3 Å². The first-order chi connectivity index (χ1) is 65.2. The molecule has 16 atom stereocenters. The predicted molar refractivity (Wildman–Crippen MR) is 626 cm³/mol. The van der Waals surface area contributed by atoms with Gasteiger partial charge in [-0.05, 0) is 225 Å². The molecule has 0 aromatic heterocycles. The number of hydrogen-bond donors (Lipinski definition) is 5. The summed E-state index contributed by atoms with van der Waals surface area (Å²) < 4.78 is 5.25. The van der Waals surface area contributed by atoms with E-state index in [1.807, 2.05) is 208 Å². The lowest BCUT2D eigenvalue weighted by Crippen LogP contribution is -2.43. The summed E-state index contributed by atoms with van der Waals surface area (Å²) in [6.07, 6.45) is 14.6. The average molecular weight is 1960 g/mol. The van der Waals surface area contributed by atoms with Crippen LogP contribution in [0.25, 0.3) is 0 Å². The summed E-state index contributed by atoms with van der Waals surface area (Å²) >= 11 is 0. The van der Waals surface area contributed by atoms with Gasteiger partial charge in [0.2, 0.25) is 5.91 Å². The molecule has 16 rings (SSSR count). The summed E-state index contributed by atoms with van der Waals surface area (Å²) in [6.45, 7) is 154. The molecule has 1 amide bonds. The fraction of sp³-hybridized carbons (Fsp3) is 0.984. The fourth-order valence-electron chi connectivity index (χ4n) is 22.7. The van der Waals surface area contributed by atoms with E-state index in [0.717, 1.165) is 110 Å². The molecule has 16 heteroatoms. The molecule has 0 bridgehead atoms. The third kappa shape index (κ3) is 65.3. The number of carbonyl (C=O) groups excluding carboxylic acids is 2. The standard InChI is InChI=1S/2C12H24N2.C12H21NO.C12H23N.3C11H22N2.C11H19NO2.15C2H6/c1-12(2,3)9-14-7-10-4-5-13-6-11(10)8-14;1-12(2,3)9-14-5-4-10-6-13-7-11(10)8-14;1-12(2,3)8-13-7-9-5-4-6-10(9)11(13)14;1-12(2,3)9-13-7-10-5-4-6-11(10)8-13;1-11(2,3)8-13-6-9-4-12-5-10(9)7-13;1-11(2,3)8-13-5-4-9-6-12-7-10(9)13;1-11(2,3)8-13-6-9-4-5-12-10(9)7-13;1-11(2,3)7-12-5-8-4-10(13)14-9(8)6-12;15*1-2/h2*10-11,13H,4-9H2,1-3H3;9-10H,4-8H2,1-3H3;10-11H,4-9H2,1-3H3;3*9-10,12H,4-8H2,1-3H3;8-9H,4-7H2,1-3H3;15*1-2H3. The highest BCUT2D eigenvalue weighted by molar-refractivity contribution is 5.81. The Morgan fingerprint density at radius 3 is 0.942 bits per heavy atom. The molecule has 2 saturated carbocycles. The van der Waals surface area contributed by atoms with Crippen molar-refractivity contribution < 1.29 is 14.3 Å². The second-order valence-electron chi connectivity index (χ2n) is 48.2. The molecule has 0 radical (unpaired) electrons. The van der Waals surface area contributed by atoms with E-state index in [4.69, 9.17) is 4.74 Å². The molecule has 14 heterocycles. The van der Waals surface area contributed by atoms with E-state index in [2.05, 4.69) is 232 Å². The lowest BCUT2D eigenvalue weighted by Gasteiger charge is -2.37. The van der Waals surface area contributed by atoms with E-state index in [1.165, 1.54) is 228 Å². The minimum absolute atomic E-state index is 0.00425. The van der Waals surface area contributed by atoms with Crippen molar-refractivity contribution in [2.24, 2.45) is 120 Å². The monoisotopic (exact) mass is 1960 g/mol. The van der Waals surface area contributed by atoms with Crippen LogP contribution in [0.2, 0.25) is 0 Å². The SMILES string of the molecule is CC.CC.CC.CC.CC.CC.CC.CC.CC.CC.CC.CC.CC.CC.CC.CC(C)(C)CN1CC2CC(=O)OC2C1.CC(C)(C)CN1CC2CCCC2C1.CC(C)(C)CN1CC2CCCC2C1=O.CC(C)(C)CN1CC2CCNC2C1.CC(C)(C)CN1CC2CCNCC2C1.CC(C)(C)CN1CC2CNCC2C1.CC(C)(C)CN1CCC2CNCC21.CC(C)(C)CN1CCC2CNCC2C1. The van der Waals surface area contributed by atoms with Crippen LogP contribution in [0.4, 0.5) is 0 Å². The first kappa shape index (κ1) is 149. The Labute approximate surface area is 872 Å². The number of fused-ring (bicyclic) bond motifs is 8. The second kappa shape index (κ2) is 82.3. The van der Waals surface area contributed by atoms with Crippen LogP contribution < -0.4 is 26.6 Å². The molecular weight excluding hydrogens is 1700 g/mol. The number of ether oxygens (including phenoxy) is 1. The highest BCUT2D eigenvalue weighted by atomic mass is 16.6. The summed E-state index contributed by atoms with van der Waals surface area (Å²) in [5.41, 5.74) is 3.36. The highest BCUT2D eigenvalue weighted by Crippen LogP contribution is 2.42. The van der Waals surface area contributed by atoms with Crippen LogP contribution >= 0.6 is 0 Å². The average Bonchev–Trinajstić information content (AvgIpc) is 1.58. The van der Waals surface area contributed by atoms with E-state index in [0.29, 0.717) is 68.0 Å². The fourth-order valence-corrected chi connectivity index (χ4v) is 22.7. The van der Waals surface area contributed by atoms with Crippen molar-refractivity contribution in [2.75, 3.05) is 203 Å². The summed E-state index contributed by atoms with van der Waals surface area (Å²) in [5.74, 6) is 11.7. The molecule has 138 heavy (non-hydrogen) atoms. The maximum Gasteiger partial charge on any atom is 0.306 e. The molecule has 838 valence electrons. The molecule has 14 saturated heterocycles. The molecule has 16 fully saturated rings. The molecule has 2 aliphatic carbocycles. The number of rotatable bonds is 8. The Morgan fingerprint density at radius 1 is 0.254 bits per heavy atom. The zero-order valence-electron chi connectivity index (χ0n) is 105. The third-order valence-corrected chi connectivity index (χ3v) is 26.2. The van der Waals surface area contributed by atoms with Crippen LogP contribution in [0.5, 0.6) is 0 Å². The van der Waals surface area contributed by atoms with Gasteiger partial charge in [-0.15, -0.1) is 0 Å². The van der Waals surface area contributed by atoms with E-state index >= 15 is 0 Å². The van der Waals surface area contributed by atoms with Crippen molar-refractivity contribution in [3.05, 3.63) is 0 Å². The minimum atomic E-state index is -0.00425. The maximum atomic E-state index is 12.0. The number of amides is 1. The number of esters is 1. The van der Waals surface area contributed by atoms with Gasteiger partial charge in [-0.25, -0.2) is 0 Å². The van der Waals surface area contributed by atoms with Crippen molar-refractivity contribution >= 4 is 11.9 Å². The Bertz CT molecular complexity index is 2520. The first-order valence-electron chi connectivity index (χ1n) is 60.3. The highest BCUT2D eigenvalue weighted by Gasteiger charge is 2.47. The van der Waals surface area contributed by atoms with Crippen molar-refractivity contribution in [3.8, 4) is 0 Å². The number of nitrogens with one attached hydrogen (secondary N) is 5. The van der Waals surface area contributed by atoms with Crippen LogP contribution in [0.3, 0.4) is 0 Å². The van der Waals surface area contributed by atoms with Gasteiger partial charge in [-0.3, -0.25) is 19.4 Å². The molecule has 0 aromatic rings. The summed E-state index contributed by atoms with van der Waals surface area (Å²) in [7, 11) is 0.